The van der Waals surface area contributed by atoms with E-state index in [4.69, 9.17) is 16.7 Å². The van der Waals surface area contributed by atoms with Gasteiger partial charge in [0.05, 0.1) is 0 Å². The summed E-state index contributed by atoms with van der Waals surface area (Å²) in [5, 5.41) is 9.40. The predicted molar refractivity (Wildman–Crippen MR) is 57.6 cm³/mol. The number of rotatable bonds is 2. The van der Waals surface area contributed by atoms with Gasteiger partial charge in [0.2, 0.25) is 0 Å². The van der Waals surface area contributed by atoms with Crippen LogP contribution >= 0.6 is 11.6 Å². The summed E-state index contributed by atoms with van der Waals surface area (Å²) in [7, 11) is 0. The van der Waals surface area contributed by atoms with Crippen LogP contribution in [0.3, 0.4) is 0 Å². The van der Waals surface area contributed by atoms with Gasteiger partial charge in [-0.2, -0.15) is 0 Å². The van der Waals surface area contributed by atoms with Gasteiger partial charge in [0.1, 0.15) is 5.15 Å². The molecule has 0 spiro atoms. The first-order valence-corrected chi connectivity index (χ1v) is 5.46. The average Bonchev–Trinajstić information content (AvgIpc) is 2.66. The van der Waals surface area contributed by atoms with E-state index in [-0.39, 0.29) is 5.69 Å². The Balaban J connectivity index is 2.68. The number of pyridine rings is 1. The van der Waals surface area contributed by atoms with Gasteiger partial charge in [-0.25, -0.2) is 9.78 Å². The van der Waals surface area contributed by atoms with Gasteiger partial charge in [0.15, 0.2) is 5.69 Å². The van der Waals surface area contributed by atoms with Crippen LogP contribution in [0.25, 0.3) is 0 Å². The number of aromatic carboxylic acids is 1. The molecule has 0 aliphatic heterocycles. The van der Waals surface area contributed by atoms with Gasteiger partial charge in [-0.1, -0.05) is 18.5 Å². The first-order chi connectivity index (χ1) is 7.15. The maximum Gasteiger partial charge on any atom is 0.354 e. The number of carboxylic acids is 1. The Morgan fingerprint density at radius 2 is 2.13 bits per heavy atom. The van der Waals surface area contributed by atoms with Crippen LogP contribution in [0.1, 0.15) is 40.5 Å². The normalized spacial score (nSPS) is 14.0. The van der Waals surface area contributed by atoms with Crippen LogP contribution in [-0.2, 0) is 19.3 Å². The zero-order valence-electron chi connectivity index (χ0n) is 8.51. The molecule has 4 heteroatoms. The third kappa shape index (κ3) is 1.61. The lowest BCUT2D eigenvalue weighted by Gasteiger charge is -2.10. The monoisotopic (exact) mass is 225 g/mol. The van der Waals surface area contributed by atoms with Crippen molar-refractivity contribution in [2.24, 2.45) is 0 Å². The molecule has 1 N–H and O–H groups in total. The molecule has 0 aromatic carbocycles. The topological polar surface area (TPSA) is 50.2 Å². The molecule has 80 valence electrons. The van der Waals surface area contributed by atoms with Gasteiger partial charge in [0, 0.05) is 0 Å². The summed E-state index contributed by atoms with van der Waals surface area (Å²) < 4.78 is 0. The Morgan fingerprint density at radius 3 is 2.73 bits per heavy atom. The van der Waals surface area contributed by atoms with E-state index >= 15 is 0 Å². The number of carbonyl (C=O) groups is 1. The number of hydrogen-bond acceptors (Lipinski definition) is 2. The summed E-state index contributed by atoms with van der Waals surface area (Å²) in [4.78, 5) is 15.0. The molecule has 1 aliphatic rings. The highest BCUT2D eigenvalue weighted by Gasteiger charge is 2.24. The summed E-state index contributed by atoms with van der Waals surface area (Å²) in [6, 6.07) is 0. The van der Waals surface area contributed by atoms with Crippen molar-refractivity contribution in [3.05, 3.63) is 27.5 Å². The maximum absolute atomic E-state index is 11.0. The van der Waals surface area contributed by atoms with E-state index in [1.165, 1.54) is 0 Å². The SMILES string of the molecule is CCc1c(C(=O)O)nc(Cl)c2c1CCC2. The van der Waals surface area contributed by atoms with Crippen molar-refractivity contribution >= 4 is 17.6 Å². The molecule has 1 aromatic heterocycles. The third-order valence-electron chi connectivity index (χ3n) is 2.88. The standard InChI is InChI=1S/C11H12ClNO2/c1-2-6-7-4-3-5-8(7)10(12)13-9(6)11(14)15/h2-5H2,1H3,(H,14,15). The second-order valence-electron chi connectivity index (χ2n) is 3.70. The van der Waals surface area contributed by atoms with E-state index in [1.807, 2.05) is 6.92 Å². The number of hydrogen-bond donors (Lipinski definition) is 1. The molecule has 1 heterocycles. The van der Waals surface area contributed by atoms with E-state index in [0.29, 0.717) is 11.6 Å². The van der Waals surface area contributed by atoms with E-state index < -0.39 is 5.97 Å². The molecule has 0 saturated heterocycles. The minimum Gasteiger partial charge on any atom is -0.477 e. The van der Waals surface area contributed by atoms with Gasteiger partial charge < -0.3 is 5.11 Å². The van der Waals surface area contributed by atoms with Crippen molar-refractivity contribution in [3.8, 4) is 0 Å². The first kappa shape index (κ1) is 10.4. The van der Waals surface area contributed by atoms with Crippen LogP contribution in [-0.4, -0.2) is 16.1 Å². The fraction of sp³-hybridized carbons (Fsp3) is 0.455. The highest BCUT2D eigenvalue weighted by Crippen LogP contribution is 2.32. The highest BCUT2D eigenvalue weighted by molar-refractivity contribution is 6.30. The van der Waals surface area contributed by atoms with Crippen LogP contribution in [0.5, 0.6) is 0 Å². The minimum absolute atomic E-state index is 0.128. The minimum atomic E-state index is -0.983. The lowest BCUT2D eigenvalue weighted by atomic mass is 10.0. The summed E-state index contributed by atoms with van der Waals surface area (Å²) in [6.45, 7) is 1.95. The van der Waals surface area contributed by atoms with E-state index in [0.717, 1.165) is 36.0 Å². The van der Waals surface area contributed by atoms with E-state index in [9.17, 15) is 4.79 Å². The van der Waals surface area contributed by atoms with Crippen molar-refractivity contribution in [2.75, 3.05) is 0 Å². The van der Waals surface area contributed by atoms with Gasteiger partial charge in [-0.05, 0) is 42.4 Å². The Morgan fingerprint density at radius 1 is 1.47 bits per heavy atom. The molecular weight excluding hydrogens is 214 g/mol. The van der Waals surface area contributed by atoms with Crippen LogP contribution in [0.4, 0.5) is 0 Å². The smallest absolute Gasteiger partial charge is 0.354 e. The quantitative estimate of drug-likeness (QED) is 0.787. The summed E-state index contributed by atoms with van der Waals surface area (Å²) in [5.41, 5.74) is 3.16. The van der Waals surface area contributed by atoms with Crippen molar-refractivity contribution in [1.82, 2.24) is 4.98 Å². The Hall–Kier alpha value is -1.09. The summed E-state index contributed by atoms with van der Waals surface area (Å²) >= 11 is 5.97. The lowest BCUT2D eigenvalue weighted by molar-refractivity contribution is 0.0689. The molecule has 0 amide bonds. The number of fused-ring (bicyclic) bond motifs is 1. The molecule has 0 bridgehead atoms. The number of aromatic nitrogens is 1. The zero-order valence-corrected chi connectivity index (χ0v) is 9.26. The molecule has 0 fully saturated rings. The van der Waals surface area contributed by atoms with Gasteiger partial charge in [-0.15, -0.1) is 0 Å². The molecule has 0 saturated carbocycles. The van der Waals surface area contributed by atoms with Crippen molar-refractivity contribution in [1.29, 1.82) is 0 Å². The molecule has 15 heavy (non-hydrogen) atoms. The van der Waals surface area contributed by atoms with Crippen LogP contribution < -0.4 is 0 Å². The molecule has 3 nitrogen and oxygen atoms in total. The van der Waals surface area contributed by atoms with E-state index in [2.05, 4.69) is 4.98 Å². The van der Waals surface area contributed by atoms with E-state index in [1.54, 1.807) is 0 Å². The molecular formula is C11H12ClNO2. The Kier molecular flexibility index (Phi) is 2.65. The molecule has 1 aromatic rings. The van der Waals surface area contributed by atoms with Crippen LogP contribution in [0, 0.1) is 0 Å². The molecule has 1 aliphatic carbocycles. The van der Waals surface area contributed by atoms with Crippen molar-refractivity contribution < 1.29 is 9.90 Å². The number of carboxylic acid groups (broad SMARTS) is 1. The first-order valence-electron chi connectivity index (χ1n) is 5.08. The summed E-state index contributed by atoms with van der Waals surface area (Å²) in [6.07, 6.45) is 3.61. The Bertz CT molecular complexity index is 429. The van der Waals surface area contributed by atoms with Crippen molar-refractivity contribution in [2.45, 2.75) is 32.6 Å². The zero-order chi connectivity index (χ0) is 11.0. The molecule has 2 rings (SSSR count). The Labute approximate surface area is 93.1 Å². The lowest BCUT2D eigenvalue weighted by Crippen LogP contribution is -2.09. The number of halogens is 1. The van der Waals surface area contributed by atoms with Gasteiger partial charge >= 0.3 is 5.97 Å². The second kappa shape index (κ2) is 3.81. The van der Waals surface area contributed by atoms with Gasteiger partial charge in [-0.3, -0.25) is 0 Å². The molecule has 0 unspecified atom stereocenters. The van der Waals surface area contributed by atoms with Crippen LogP contribution in [0.2, 0.25) is 5.15 Å². The highest BCUT2D eigenvalue weighted by atomic mass is 35.5. The van der Waals surface area contributed by atoms with Crippen molar-refractivity contribution in [3.63, 3.8) is 0 Å². The van der Waals surface area contributed by atoms with Gasteiger partial charge in [0.25, 0.3) is 0 Å². The predicted octanol–water partition coefficient (Wildman–Crippen LogP) is 2.48. The second-order valence-corrected chi connectivity index (χ2v) is 4.06. The number of nitrogens with zero attached hydrogens (tertiary/aromatic N) is 1. The fourth-order valence-electron chi connectivity index (χ4n) is 2.24. The molecule has 0 atom stereocenters. The summed E-state index contributed by atoms with van der Waals surface area (Å²) in [5.74, 6) is -0.983. The molecule has 0 radical (unpaired) electrons. The van der Waals surface area contributed by atoms with Crippen LogP contribution in [0.15, 0.2) is 0 Å². The third-order valence-corrected chi connectivity index (χ3v) is 3.20. The largest absolute Gasteiger partial charge is 0.477 e. The maximum atomic E-state index is 11.0. The fourth-order valence-corrected chi connectivity index (χ4v) is 2.53. The average molecular weight is 226 g/mol.